The third-order valence-electron chi connectivity index (χ3n) is 1.71. The van der Waals surface area contributed by atoms with E-state index in [1.165, 1.54) is 11.3 Å². The van der Waals surface area contributed by atoms with Crippen molar-refractivity contribution >= 4 is 22.9 Å². The fourth-order valence-corrected chi connectivity index (χ4v) is 2.24. The highest BCUT2D eigenvalue weighted by Gasteiger charge is 2.18. The zero-order valence-electron chi connectivity index (χ0n) is 7.06. The van der Waals surface area contributed by atoms with Crippen molar-refractivity contribution in [1.82, 2.24) is 0 Å². The Balaban J connectivity index is 2.69. The van der Waals surface area contributed by atoms with Gasteiger partial charge in [-0.3, -0.25) is 0 Å². The topological polar surface area (TPSA) is 26.0 Å². The second kappa shape index (κ2) is 4.35. The minimum atomic E-state index is -2.49. The summed E-state index contributed by atoms with van der Waals surface area (Å²) in [7, 11) is 0. The highest BCUT2D eigenvalue weighted by Crippen LogP contribution is 2.28. The van der Waals surface area contributed by atoms with E-state index in [1.54, 1.807) is 0 Å². The van der Waals surface area contributed by atoms with E-state index in [-0.39, 0.29) is 6.42 Å². The maximum Gasteiger partial charge on any atom is 0.253 e. The first-order valence-corrected chi connectivity index (χ1v) is 5.04. The average Bonchev–Trinajstić information content (AvgIpc) is 2.36. The molecule has 1 atom stereocenters. The Hall–Kier alpha value is -0.190. The van der Waals surface area contributed by atoms with Crippen molar-refractivity contribution in [3.05, 3.63) is 20.8 Å². The van der Waals surface area contributed by atoms with Gasteiger partial charge in [0.25, 0.3) is 6.43 Å². The highest BCUT2D eigenvalue weighted by molar-refractivity contribution is 7.10. The van der Waals surface area contributed by atoms with Crippen molar-refractivity contribution < 1.29 is 8.78 Å². The van der Waals surface area contributed by atoms with Gasteiger partial charge in [0.05, 0.1) is 11.1 Å². The monoisotopic (exact) mass is 225 g/mol. The summed E-state index contributed by atoms with van der Waals surface area (Å²) in [4.78, 5) is 0.743. The molecule has 0 saturated carbocycles. The van der Waals surface area contributed by atoms with Crippen molar-refractivity contribution in [1.29, 1.82) is 0 Å². The number of halogens is 3. The molecule has 1 unspecified atom stereocenters. The zero-order valence-corrected chi connectivity index (χ0v) is 8.63. The van der Waals surface area contributed by atoms with Gasteiger partial charge in [0.1, 0.15) is 0 Å². The summed E-state index contributed by atoms with van der Waals surface area (Å²) in [6, 6.07) is -1.12. The average molecular weight is 226 g/mol. The number of aryl methyl sites for hydroxylation is 1. The van der Waals surface area contributed by atoms with Crippen molar-refractivity contribution in [3.63, 3.8) is 0 Å². The minimum absolute atomic E-state index is 0.148. The fraction of sp³-hybridized carbons (Fsp3) is 0.500. The van der Waals surface area contributed by atoms with E-state index in [9.17, 15) is 8.78 Å². The second-order valence-corrected chi connectivity index (χ2v) is 4.20. The summed E-state index contributed by atoms with van der Waals surface area (Å²) >= 11 is 7.24. The Morgan fingerprint density at radius 2 is 2.23 bits per heavy atom. The lowest BCUT2D eigenvalue weighted by Crippen LogP contribution is -2.30. The lowest BCUT2D eigenvalue weighted by atomic mass is 10.2. The molecule has 74 valence electrons. The summed E-state index contributed by atoms with van der Waals surface area (Å²) in [5, 5.41) is 2.41. The summed E-state index contributed by atoms with van der Waals surface area (Å²) in [6.45, 7) is 1.84. The summed E-state index contributed by atoms with van der Waals surface area (Å²) in [5.74, 6) is 0. The van der Waals surface area contributed by atoms with Gasteiger partial charge in [-0.15, -0.1) is 11.3 Å². The summed E-state index contributed by atoms with van der Waals surface area (Å²) in [6.07, 6.45) is -2.34. The van der Waals surface area contributed by atoms with Crippen LogP contribution in [0.3, 0.4) is 0 Å². The van der Waals surface area contributed by atoms with Gasteiger partial charge in [-0.1, -0.05) is 11.6 Å². The number of hydrogen-bond donors (Lipinski definition) is 1. The molecule has 5 heteroatoms. The molecule has 2 N–H and O–H groups in total. The zero-order chi connectivity index (χ0) is 10.0. The standard InChI is InChI=1S/C8H10ClF2NS/c1-4-3-13-6(7(4)9)2-5(12)8(10)11/h3,5,8H,2,12H2,1H3. The van der Waals surface area contributed by atoms with Gasteiger partial charge in [-0.05, 0) is 17.9 Å². The molecule has 0 aliphatic heterocycles. The molecule has 1 rings (SSSR count). The smallest absolute Gasteiger partial charge is 0.253 e. The Morgan fingerprint density at radius 3 is 2.62 bits per heavy atom. The molecule has 0 aromatic carbocycles. The molecule has 0 aliphatic carbocycles. The van der Waals surface area contributed by atoms with Crippen LogP contribution >= 0.6 is 22.9 Å². The van der Waals surface area contributed by atoms with E-state index in [2.05, 4.69) is 0 Å². The van der Waals surface area contributed by atoms with E-state index in [1.807, 2.05) is 12.3 Å². The summed E-state index contributed by atoms with van der Waals surface area (Å²) in [5.41, 5.74) is 6.14. The molecule has 0 amide bonds. The van der Waals surface area contributed by atoms with Crippen molar-refractivity contribution in [2.24, 2.45) is 5.73 Å². The minimum Gasteiger partial charge on any atom is -0.323 e. The molecule has 1 heterocycles. The lowest BCUT2D eigenvalue weighted by Gasteiger charge is -2.08. The van der Waals surface area contributed by atoms with Crippen molar-refractivity contribution in [2.75, 3.05) is 0 Å². The highest BCUT2D eigenvalue weighted by atomic mass is 35.5. The van der Waals surface area contributed by atoms with Gasteiger partial charge in [-0.2, -0.15) is 0 Å². The number of thiophene rings is 1. The number of alkyl halides is 2. The molecule has 1 nitrogen and oxygen atoms in total. The predicted molar refractivity (Wildman–Crippen MR) is 51.7 cm³/mol. The van der Waals surface area contributed by atoms with Crippen molar-refractivity contribution in [3.8, 4) is 0 Å². The van der Waals surface area contributed by atoms with E-state index < -0.39 is 12.5 Å². The molecular weight excluding hydrogens is 216 g/mol. The predicted octanol–water partition coefficient (Wildman–Crippen LogP) is 2.84. The Bertz CT molecular complexity index is 288. The molecule has 0 bridgehead atoms. The van der Waals surface area contributed by atoms with E-state index in [0.29, 0.717) is 5.02 Å². The van der Waals surface area contributed by atoms with E-state index in [4.69, 9.17) is 17.3 Å². The van der Waals surface area contributed by atoms with Crippen molar-refractivity contribution in [2.45, 2.75) is 25.8 Å². The van der Waals surface area contributed by atoms with Crippen LogP contribution in [-0.4, -0.2) is 12.5 Å². The van der Waals surface area contributed by atoms with Gasteiger partial charge in [0.2, 0.25) is 0 Å². The van der Waals surface area contributed by atoms with Crippen LogP contribution in [0, 0.1) is 6.92 Å². The molecule has 0 radical (unpaired) electrons. The van der Waals surface area contributed by atoms with Crippen LogP contribution in [0.25, 0.3) is 0 Å². The quantitative estimate of drug-likeness (QED) is 0.841. The van der Waals surface area contributed by atoms with Crippen LogP contribution in [0.15, 0.2) is 5.38 Å². The second-order valence-electron chi connectivity index (χ2n) is 2.86. The maximum atomic E-state index is 12.1. The van der Waals surface area contributed by atoms with Crippen LogP contribution in [-0.2, 0) is 6.42 Å². The third-order valence-corrected chi connectivity index (χ3v) is 3.48. The van der Waals surface area contributed by atoms with E-state index in [0.717, 1.165) is 10.4 Å². The SMILES string of the molecule is Cc1csc(CC(N)C(F)F)c1Cl. The molecule has 13 heavy (non-hydrogen) atoms. The molecular formula is C8H10ClF2NS. The van der Waals surface area contributed by atoms with E-state index >= 15 is 0 Å². The maximum absolute atomic E-state index is 12.1. The molecule has 0 fully saturated rings. The van der Waals surface area contributed by atoms with Crippen LogP contribution in [0.1, 0.15) is 10.4 Å². The van der Waals surface area contributed by atoms with Gasteiger partial charge in [0, 0.05) is 11.3 Å². The first kappa shape index (κ1) is 10.9. The van der Waals surface area contributed by atoms with Crippen LogP contribution in [0.2, 0.25) is 5.02 Å². The molecule has 0 spiro atoms. The Kier molecular flexibility index (Phi) is 3.64. The lowest BCUT2D eigenvalue weighted by molar-refractivity contribution is 0.116. The summed E-state index contributed by atoms with van der Waals surface area (Å²) < 4.78 is 24.2. The number of nitrogens with two attached hydrogens (primary N) is 1. The molecule has 1 aromatic heterocycles. The first-order valence-electron chi connectivity index (χ1n) is 3.78. The largest absolute Gasteiger partial charge is 0.323 e. The fourth-order valence-electron chi connectivity index (χ4n) is 0.924. The number of rotatable bonds is 3. The van der Waals surface area contributed by atoms with Gasteiger partial charge in [-0.25, -0.2) is 8.78 Å². The van der Waals surface area contributed by atoms with Gasteiger partial charge >= 0.3 is 0 Å². The van der Waals surface area contributed by atoms with Gasteiger partial charge < -0.3 is 5.73 Å². The third kappa shape index (κ3) is 2.62. The first-order chi connectivity index (χ1) is 6.02. The molecule has 0 aliphatic rings. The Morgan fingerprint density at radius 1 is 1.62 bits per heavy atom. The Labute approximate surface area is 84.5 Å². The van der Waals surface area contributed by atoms with Crippen LogP contribution in [0.4, 0.5) is 8.78 Å². The normalized spacial score (nSPS) is 13.7. The number of hydrogen-bond acceptors (Lipinski definition) is 2. The van der Waals surface area contributed by atoms with Gasteiger partial charge in [0.15, 0.2) is 0 Å². The molecule has 1 aromatic rings. The molecule has 0 saturated heterocycles. The van der Waals surface area contributed by atoms with Crippen LogP contribution in [0.5, 0.6) is 0 Å². The van der Waals surface area contributed by atoms with Crippen LogP contribution < -0.4 is 5.73 Å².